The Bertz CT molecular complexity index is 3050. The second-order valence-corrected chi connectivity index (χ2v) is 16.9. The first-order valence-corrected chi connectivity index (χ1v) is 20.2. The van der Waals surface area contributed by atoms with E-state index in [2.05, 4.69) is 221 Å². The standard InChI is InChI=1S/C56H43N/c1-55(2)50-33-30-41(34-48(50)54-45(37-14-6-5-7-15-37)31-26-39-18-13-23-51(55)53(39)54)57(42-29-32-47-46-20-10-11-22-49(46)56(3,4)52(47)35-42)40-27-24-38(25-28-40)44-21-12-17-36-16-8-9-19-43(36)44/h5-35H,1-4H3. The summed E-state index contributed by atoms with van der Waals surface area (Å²) in [6.45, 7) is 9.52. The summed E-state index contributed by atoms with van der Waals surface area (Å²) in [6, 6.07) is 70.1. The molecule has 0 aliphatic heterocycles. The molecule has 0 heterocycles. The van der Waals surface area contributed by atoms with Crippen molar-refractivity contribution in [3.8, 4) is 44.5 Å². The molecule has 2 aliphatic carbocycles. The lowest BCUT2D eigenvalue weighted by molar-refractivity contribution is 0.645. The molecule has 9 aromatic carbocycles. The predicted molar refractivity (Wildman–Crippen MR) is 242 cm³/mol. The van der Waals surface area contributed by atoms with Crippen molar-refractivity contribution < 1.29 is 0 Å². The van der Waals surface area contributed by atoms with Gasteiger partial charge in [0.1, 0.15) is 0 Å². The number of benzene rings is 9. The Morgan fingerprint density at radius 2 is 0.895 bits per heavy atom. The molecule has 0 saturated carbocycles. The molecule has 0 amide bonds. The lowest BCUT2D eigenvalue weighted by Crippen LogP contribution is -2.24. The van der Waals surface area contributed by atoms with Crippen molar-refractivity contribution in [3.05, 3.63) is 210 Å². The first-order chi connectivity index (χ1) is 27.8. The van der Waals surface area contributed by atoms with E-state index >= 15 is 0 Å². The van der Waals surface area contributed by atoms with Crippen molar-refractivity contribution in [2.45, 2.75) is 38.5 Å². The van der Waals surface area contributed by atoms with Gasteiger partial charge in [-0.15, -0.1) is 0 Å². The van der Waals surface area contributed by atoms with E-state index in [1.807, 2.05) is 0 Å². The summed E-state index contributed by atoms with van der Waals surface area (Å²) in [5.74, 6) is 0. The number of anilines is 3. The third-order valence-electron chi connectivity index (χ3n) is 13.1. The Morgan fingerprint density at radius 3 is 1.75 bits per heavy atom. The van der Waals surface area contributed by atoms with Crippen molar-refractivity contribution in [2.24, 2.45) is 0 Å². The molecule has 2 aliphatic rings. The van der Waals surface area contributed by atoms with E-state index in [1.54, 1.807) is 0 Å². The van der Waals surface area contributed by atoms with Gasteiger partial charge in [0.05, 0.1) is 0 Å². The maximum Gasteiger partial charge on any atom is 0.0468 e. The Balaban J connectivity index is 1.14. The number of hydrogen-bond donors (Lipinski definition) is 0. The molecule has 57 heavy (non-hydrogen) atoms. The zero-order valence-electron chi connectivity index (χ0n) is 32.8. The fraction of sp³-hybridized carbons (Fsp3) is 0.107. The predicted octanol–water partition coefficient (Wildman–Crippen LogP) is 15.4. The minimum atomic E-state index is -0.177. The van der Waals surface area contributed by atoms with Crippen LogP contribution in [0.5, 0.6) is 0 Å². The maximum atomic E-state index is 2.47. The molecule has 272 valence electrons. The largest absolute Gasteiger partial charge is 0.310 e. The fourth-order valence-electron chi connectivity index (χ4n) is 10.2. The second kappa shape index (κ2) is 12.4. The summed E-state index contributed by atoms with van der Waals surface area (Å²) in [7, 11) is 0. The van der Waals surface area contributed by atoms with Gasteiger partial charge in [-0.25, -0.2) is 0 Å². The van der Waals surface area contributed by atoms with Crippen molar-refractivity contribution in [3.63, 3.8) is 0 Å². The average Bonchev–Trinajstić information content (AvgIpc) is 3.48. The SMILES string of the molecule is CC1(C)c2ccccc2-c2ccc(N(c3ccc(-c4cccc5ccccc45)cc3)c3ccc4c(c3)-c3c(-c5ccccc5)ccc5cccc(c35)C4(C)C)cc21. The van der Waals surface area contributed by atoms with Crippen LogP contribution in [0.2, 0.25) is 0 Å². The highest BCUT2D eigenvalue weighted by molar-refractivity contribution is 6.10. The van der Waals surface area contributed by atoms with Crippen LogP contribution in [0.3, 0.4) is 0 Å². The van der Waals surface area contributed by atoms with Crippen LogP contribution in [0.4, 0.5) is 17.1 Å². The van der Waals surface area contributed by atoms with Crippen LogP contribution in [0, 0.1) is 0 Å². The van der Waals surface area contributed by atoms with E-state index in [4.69, 9.17) is 0 Å². The minimum Gasteiger partial charge on any atom is -0.310 e. The molecule has 9 aromatic rings. The van der Waals surface area contributed by atoms with Gasteiger partial charge in [0.25, 0.3) is 0 Å². The Kier molecular flexibility index (Phi) is 7.32. The Hall–Kier alpha value is -6.70. The molecule has 0 atom stereocenters. The fourth-order valence-corrected chi connectivity index (χ4v) is 10.2. The molecule has 0 aromatic heterocycles. The zero-order valence-corrected chi connectivity index (χ0v) is 32.8. The monoisotopic (exact) mass is 729 g/mol. The van der Waals surface area contributed by atoms with E-state index in [-0.39, 0.29) is 10.8 Å². The summed E-state index contributed by atoms with van der Waals surface area (Å²) >= 11 is 0. The molecular formula is C56H43N. The molecule has 1 nitrogen and oxygen atoms in total. The van der Waals surface area contributed by atoms with Gasteiger partial charge in [0, 0.05) is 27.9 Å². The van der Waals surface area contributed by atoms with Gasteiger partial charge in [-0.1, -0.05) is 179 Å². The highest BCUT2D eigenvalue weighted by Crippen LogP contribution is 2.54. The van der Waals surface area contributed by atoms with Crippen LogP contribution in [-0.2, 0) is 10.8 Å². The van der Waals surface area contributed by atoms with E-state index in [0.717, 1.165) is 17.1 Å². The van der Waals surface area contributed by atoms with Gasteiger partial charge in [-0.05, 0) is 125 Å². The highest BCUT2D eigenvalue weighted by Gasteiger charge is 2.37. The molecule has 11 rings (SSSR count). The van der Waals surface area contributed by atoms with E-state index in [9.17, 15) is 0 Å². The summed E-state index contributed by atoms with van der Waals surface area (Å²) < 4.78 is 0. The van der Waals surface area contributed by atoms with Crippen molar-refractivity contribution >= 4 is 38.6 Å². The summed E-state index contributed by atoms with van der Waals surface area (Å²) in [4.78, 5) is 2.47. The summed E-state index contributed by atoms with van der Waals surface area (Å²) in [6.07, 6.45) is 0. The van der Waals surface area contributed by atoms with Gasteiger partial charge in [-0.2, -0.15) is 0 Å². The Labute approximate surface area is 335 Å². The smallest absolute Gasteiger partial charge is 0.0468 e. The van der Waals surface area contributed by atoms with E-state index < -0.39 is 0 Å². The second-order valence-electron chi connectivity index (χ2n) is 16.9. The Morgan fingerprint density at radius 1 is 0.333 bits per heavy atom. The number of nitrogens with zero attached hydrogens (tertiary/aromatic N) is 1. The van der Waals surface area contributed by atoms with Crippen LogP contribution in [0.25, 0.3) is 66.1 Å². The minimum absolute atomic E-state index is 0.115. The summed E-state index contributed by atoms with van der Waals surface area (Å²) in [5.41, 5.74) is 18.9. The number of hydrogen-bond acceptors (Lipinski definition) is 1. The molecule has 0 unspecified atom stereocenters. The molecular weight excluding hydrogens is 687 g/mol. The van der Waals surface area contributed by atoms with Gasteiger partial charge in [0.2, 0.25) is 0 Å². The maximum absolute atomic E-state index is 2.47. The first kappa shape index (κ1) is 33.6. The lowest BCUT2D eigenvalue weighted by Gasteiger charge is -2.37. The zero-order chi connectivity index (χ0) is 38.5. The van der Waals surface area contributed by atoms with Crippen molar-refractivity contribution in [1.29, 1.82) is 0 Å². The van der Waals surface area contributed by atoms with Gasteiger partial charge >= 0.3 is 0 Å². The van der Waals surface area contributed by atoms with Crippen molar-refractivity contribution in [1.82, 2.24) is 0 Å². The highest BCUT2D eigenvalue weighted by atomic mass is 15.1. The molecule has 0 fully saturated rings. The molecule has 1 heteroatoms. The van der Waals surface area contributed by atoms with Crippen LogP contribution in [-0.4, -0.2) is 0 Å². The van der Waals surface area contributed by atoms with Gasteiger partial charge in [-0.3, -0.25) is 0 Å². The normalized spacial score (nSPS) is 14.2. The van der Waals surface area contributed by atoms with Gasteiger partial charge < -0.3 is 4.90 Å². The third-order valence-corrected chi connectivity index (χ3v) is 13.1. The molecule has 0 N–H and O–H groups in total. The summed E-state index contributed by atoms with van der Waals surface area (Å²) in [5, 5.41) is 5.17. The third kappa shape index (κ3) is 5.02. The van der Waals surface area contributed by atoms with Crippen LogP contribution >= 0.6 is 0 Å². The molecule has 0 saturated heterocycles. The van der Waals surface area contributed by atoms with Crippen LogP contribution in [0.15, 0.2) is 188 Å². The average molecular weight is 730 g/mol. The van der Waals surface area contributed by atoms with E-state index in [1.165, 1.54) is 88.3 Å². The molecule has 0 spiro atoms. The van der Waals surface area contributed by atoms with Gasteiger partial charge in [0.15, 0.2) is 0 Å². The van der Waals surface area contributed by atoms with E-state index in [0.29, 0.717) is 0 Å². The molecule has 0 radical (unpaired) electrons. The number of rotatable bonds is 5. The number of fused-ring (bicyclic) bond motifs is 6. The molecule has 0 bridgehead atoms. The van der Waals surface area contributed by atoms with Crippen LogP contribution in [0.1, 0.15) is 49.9 Å². The lowest BCUT2D eigenvalue weighted by atomic mass is 9.67. The van der Waals surface area contributed by atoms with Crippen molar-refractivity contribution in [2.75, 3.05) is 4.90 Å². The quantitative estimate of drug-likeness (QED) is 0.170. The van der Waals surface area contributed by atoms with Crippen LogP contribution < -0.4 is 4.90 Å². The first-order valence-electron chi connectivity index (χ1n) is 20.2. The topological polar surface area (TPSA) is 3.24 Å².